The van der Waals surface area contributed by atoms with Gasteiger partial charge in [0.05, 0.1) is 76.7 Å². The number of fused-ring (bicyclic) bond motifs is 6. The first-order valence-electron chi connectivity index (χ1n) is 20.4. The average molecular weight is 893 g/mol. The van der Waals surface area contributed by atoms with E-state index in [0.717, 1.165) is 9.13 Å². The van der Waals surface area contributed by atoms with E-state index in [0.29, 0.717) is 50.6 Å². The first-order valence-corrected chi connectivity index (χ1v) is 20.4. The van der Waals surface area contributed by atoms with Gasteiger partial charge >= 0.3 is 22.8 Å². The lowest BCUT2D eigenvalue weighted by molar-refractivity contribution is 0.243. The minimum Gasteiger partial charge on any atom is -0.504 e. The van der Waals surface area contributed by atoms with E-state index in [1.807, 2.05) is 0 Å². The van der Waals surface area contributed by atoms with Crippen molar-refractivity contribution in [2.45, 2.75) is 51.1 Å². The molecule has 2 aliphatic rings. The SMILES string of the molecule is COc1cc2nc(CCn3c(=O)n4n(c3=O)C3Cn5c(=O)n(CCc6nc7cc(OC)c(OC)cc7n(C)c6=O)c(=O)n5C(c5cccc(OC)c5O)C3=CC4)c(=O)n(C)c2cc1OC. The summed E-state index contributed by atoms with van der Waals surface area (Å²) in [5.41, 5.74) is -1.12. The Morgan fingerprint density at radius 2 is 1.09 bits per heavy atom. The Kier molecular flexibility index (Phi) is 10.4. The third kappa shape index (κ3) is 6.45. The van der Waals surface area contributed by atoms with Gasteiger partial charge in [-0.15, -0.1) is 0 Å². The fourth-order valence-corrected chi connectivity index (χ4v) is 9.02. The van der Waals surface area contributed by atoms with Crippen LogP contribution in [0.3, 0.4) is 0 Å². The number of aromatic nitrogens is 10. The molecule has 0 fully saturated rings. The molecule has 22 heteroatoms. The summed E-state index contributed by atoms with van der Waals surface area (Å²) in [6, 6.07) is 9.11. The third-order valence-electron chi connectivity index (χ3n) is 12.4. The highest BCUT2D eigenvalue weighted by Crippen LogP contribution is 2.44. The van der Waals surface area contributed by atoms with E-state index in [-0.39, 0.29) is 67.5 Å². The Hall–Kier alpha value is -8.04. The van der Waals surface area contributed by atoms with E-state index in [1.165, 1.54) is 69.5 Å². The Labute approximate surface area is 366 Å². The summed E-state index contributed by atoms with van der Waals surface area (Å²) in [6.07, 6.45) is 1.50. The summed E-state index contributed by atoms with van der Waals surface area (Å²) < 4.78 is 36.7. The van der Waals surface area contributed by atoms with Crippen LogP contribution in [0.25, 0.3) is 22.1 Å². The summed E-state index contributed by atoms with van der Waals surface area (Å²) in [5, 5.41) is 11.5. The van der Waals surface area contributed by atoms with Gasteiger partial charge in [-0.3, -0.25) is 9.59 Å². The highest BCUT2D eigenvalue weighted by atomic mass is 16.5. The average Bonchev–Trinajstić information content (AvgIpc) is 3.71. The lowest BCUT2D eigenvalue weighted by Gasteiger charge is -2.37. The van der Waals surface area contributed by atoms with Crippen molar-refractivity contribution in [2.24, 2.45) is 14.1 Å². The topological polar surface area (TPSA) is 234 Å². The minimum atomic E-state index is -1.15. The lowest BCUT2D eigenvalue weighted by Crippen LogP contribution is -2.47. The van der Waals surface area contributed by atoms with Crippen LogP contribution >= 0.6 is 0 Å². The van der Waals surface area contributed by atoms with Gasteiger partial charge in [0.1, 0.15) is 17.4 Å². The van der Waals surface area contributed by atoms with Gasteiger partial charge < -0.3 is 37.9 Å². The fourth-order valence-electron chi connectivity index (χ4n) is 9.02. The number of allylic oxidation sites excluding steroid dienone is 2. The van der Waals surface area contributed by atoms with Gasteiger partial charge in [-0.2, -0.15) is 0 Å². The van der Waals surface area contributed by atoms with Gasteiger partial charge in [0.2, 0.25) is 0 Å². The summed E-state index contributed by atoms with van der Waals surface area (Å²) in [5.74, 6) is 1.41. The number of ether oxygens (including phenoxy) is 5. The van der Waals surface area contributed by atoms with Crippen molar-refractivity contribution in [3.63, 3.8) is 0 Å². The standard InChI is InChI=1S/C43H44N10O12/c1-46-28-19-34(64-6)32(62-4)17-26(28)44-24(38(46)55)12-14-48-40(57)50-16-11-22-30(52(50)42(48)59)21-51-41(58)49(43(60)53(51)36(22)23-9-8-10-31(61-3)37(23)54)15-13-25-39(56)47(2)29-20-35(65-7)33(63-5)18-27(29)45-25/h8-11,17-20,30,36,54H,12-16,21H2,1-7H3. The molecule has 0 bridgehead atoms. The maximum absolute atomic E-state index is 14.5. The number of phenolic OH excluding ortho intramolecular Hbond substituents is 1. The summed E-state index contributed by atoms with van der Waals surface area (Å²) in [7, 11) is 10.4. The summed E-state index contributed by atoms with van der Waals surface area (Å²) in [4.78, 5) is 93.7. The first-order chi connectivity index (χ1) is 31.3. The van der Waals surface area contributed by atoms with Crippen molar-refractivity contribution >= 4 is 22.1 Å². The van der Waals surface area contributed by atoms with E-state index >= 15 is 0 Å². The van der Waals surface area contributed by atoms with Crippen molar-refractivity contribution in [3.05, 3.63) is 134 Å². The van der Waals surface area contributed by atoms with Crippen LogP contribution in [0.2, 0.25) is 0 Å². The molecular formula is C43H44N10O12. The van der Waals surface area contributed by atoms with Gasteiger partial charge in [-0.25, -0.2) is 57.0 Å². The highest BCUT2D eigenvalue weighted by molar-refractivity contribution is 5.80. The molecule has 3 aromatic carbocycles. The fraction of sp³-hybridized carbons (Fsp3) is 0.349. The molecule has 2 aliphatic heterocycles. The summed E-state index contributed by atoms with van der Waals surface area (Å²) >= 11 is 0. The number of methoxy groups -OCH3 is 5. The molecule has 0 saturated carbocycles. The molecular weight excluding hydrogens is 849 g/mol. The molecule has 2 atom stereocenters. The normalized spacial score (nSPS) is 15.3. The molecule has 0 amide bonds. The van der Waals surface area contributed by atoms with Gasteiger partial charge in [-0.1, -0.05) is 18.2 Å². The van der Waals surface area contributed by atoms with Crippen molar-refractivity contribution in [1.29, 1.82) is 0 Å². The van der Waals surface area contributed by atoms with E-state index in [4.69, 9.17) is 23.7 Å². The number of aryl methyl sites for hydroxylation is 4. The number of hydrogen-bond acceptors (Lipinski definition) is 14. The predicted molar refractivity (Wildman–Crippen MR) is 233 cm³/mol. The van der Waals surface area contributed by atoms with Crippen molar-refractivity contribution in [3.8, 4) is 34.5 Å². The predicted octanol–water partition coefficient (Wildman–Crippen LogP) is 0.449. The van der Waals surface area contributed by atoms with Crippen LogP contribution in [-0.2, 0) is 53.1 Å². The molecule has 22 nitrogen and oxygen atoms in total. The van der Waals surface area contributed by atoms with E-state index in [9.17, 15) is 33.9 Å². The van der Waals surface area contributed by atoms with Gasteiger partial charge in [0, 0.05) is 69.9 Å². The van der Waals surface area contributed by atoms with Crippen LogP contribution in [0.1, 0.15) is 29.0 Å². The Morgan fingerprint density at radius 1 is 0.615 bits per heavy atom. The van der Waals surface area contributed by atoms with Crippen LogP contribution in [-0.4, -0.2) is 87.6 Å². The molecule has 0 spiro atoms. The van der Waals surface area contributed by atoms with Gasteiger partial charge in [0.15, 0.2) is 34.5 Å². The van der Waals surface area contributed by atoms with E-state index in [2.05, 4.69) is 9.97 Å². The second-order valence-electron chi connectivity index (χ2n) is 15.5. The molecule has 6 heterocycles. The van der Waals surface area contributed by atoms with Crippen LogP contribution in [0, 0.1) is 0 Å². The molecule has 0 aliphatic carbocycles. The molecule has 7 aromatic rings. The number of aromatic hydroxyl groups is 1. The first kappa shape index (κ1) is 42.3. The second-order valence-corrected chi connectivity index (χ2v) is 15.5. The molecule has 4 aromatic heterocycles. The van der Waals surface area contributed by atoms with Crippen molar-refractivity contribution < 1.29 is 28.8 Å². The number of rotatable bonds is 12. The Morgan fingerprint density at radius 3 is 1.60 bits per heavy atom. The van der Waals surface area contributed by atoms with E-state index in [1.54, 1.807) is 56.6 Å². The Balaban J connectivity index is 1.11. The van der Waals surface area contributed by atoms with Gasteiger partial charge in [-0.05, 0) is 11.6 Å². The van der Waals surface area contributed by atoms with Gasteiger partial charge in [0.25, 0.3) is 11.1 Å². The van der Waals surface area contributed by atoms with Crippen LogP contribution in [0.15, 0.2) is 82.9 Å². The molecule has 338 valence electrons. The Bertz CT molecular complexity index is 3530. The number of para-hydroxylation sites is 1. The molecule has 1 N–H and O–H groups in total. The third-order valence-corrected chi connectivity index (χ3v) is 12.4. The maximum atomic E-state index is 14.5. The second kappa shape index (κ2) is 15.9. The van der Waals surface area contributed by atoms with Crippen LogP contribution in [0.4, 0.5) is 0 Å². The number of phenols is 1. The largest absolute Gasteiger partial charge is 0.504 e. The number of benzene rings is 3. The molecule has 0 saturated heterocycles. The molecule has 2 unspecified atom stereocenters. The zero-order valence-electron chi connectivity index (χ0n) is 36.4. The van der Waals surface area contributed by atoms with E-state index < -0.39 is 46.0 Å². The number of nitrogens with zero attached hydrogens (tertiary/aromatic N) is 10. The van der Waals surface area contributed by atoms with Crippen molar-refractivity contribution in [2.75, 3.05) is 35.5 Å². The summed E-state index contributed by atoms with van der Waals surface area (Å²) in [6.45, 7) is -0.820. The molecule has 65 heavy (non-hydrogen) atoms. The zero-order chi connectivity index (χ0) is 46.2. The quantitative estimate of drug-likeness (QED) is 0.164. The molecule has 9 rings (SSSR count). The van der Waals surface area contributed by atoms with Crippen LogP contribution in [0.5, 0.6) is 34.5 Å². The zero-order valence-corrected chi connectivity index (χ0v) is 36.4. The highest BCUT2D eigenvalue weighted by Gasteiger charge is 2.42. The number of hydrogen-bond donors (Lipinski definition) is 1. The van der Waals surface area contributed by atoms with Crippen LogP contribution < -0.4 is 57.6 Å². The van der Waals surface area contributed by atoms with Crippen molar-refractivity contribution in [1.82, 2.24) is 47.0 Å². The smallest absolute Gasteiger partial charge is 0.348 e. The minimum absolute atomic E-state index is 0.0830. The lowest BCUT2D eigenvalue weighted by atomic mass is 9.89. The monoisotopic (exact) mass is 892 g/mol. The molecule has 0 radical (unpaired) electrons. The maximum Gasteiger partial charge on any atom is 0.348 e.